The quantitative estimate of drug-likeness (QED) is 0.137. The lowest BCUT2D eigenvalue weighted by Crippen LogP contribution is -2.40. The maximum absolute atomic E-state index is 17.2. The minimum atomic E-state index is -5.21. The Labute approximate surface area is 355 Å². The number of nitrogens with zero attached hydrogens (tertiary/aromatic N) is 7. The highest BCUT2D eigenvalue weighted by Gasteiger charge is 2.44. The Kier molecular flexibility index (Phi) is 13.0. The van der Waals surface area contributed by atoms with Gasteiger partial charge in [-0.05, 0) is 75.4 Å². The van der Waals surface area contributed by atoms with Gasteiger partial charge in [-0.1, -0.05) is 19.9 Å². The summed E-state index contributed by atoms with van der Waals surface area (Å²) in [7, 11) is 3.50. The van der Waals surface area contributed by atoms with Crippen molar-refractivity contribution in [3.63, 3.8) is 0 Å². The molecule has 2 atom stereocenters. The summed E-state index contributed by atoms with van der Waals surface area (Å²) in [6.07, 6.45) is 1.07. The Morgan fingerprint density at radius 2 is 1.82 bits per heavy atom. The molecular formula is C43H50F5N9O3S. The van der Waals surface area contributed by atoms with E-state index in [2.05, 4.69) is 45.6 Å². The first-order chi connectivity index (χ1) is 29.1. The van der Waals surface area contributed by atoms with Crippen molar-refractivity contribution in [1.82, 2.24) is 24.8 Å². The molecule has 0 aliphatic carbocycles. The number of ether oxygens (including phenoxy) is 3. The van der Waals surface area contributed by atoms with Crippen molar-refractivity contribution < 1.29 is 36.2 Å². The topological polar surface area (TPSA) is 152 Å². The number of nitriles is 1. The number of nitrogen functional groups attached to an aromatic ring is 2. The third-order valence-electron chi connectivity index (χ3n) is 11.6. The van der Waals surface area contributed by atoms with Gasteiger partial charge in [-0.2, -0.15) is 28.4 Å². The average molecular weight is 868 g/mol. The SMILES string of the molecule is CC(C)CC1CCCN1C.COc1nc2c3c(c(C(F)(F)F)c(-c4ccc(F)c5sc(N)c(C#N)c45)c(F)c3n1)OCCN2[C@H](CCN1CCOCC1)c1cc(C)cnc1N. The molecule has 0 amide bonds. The Hall–Kier alpha value is -5.09. The van der Waals surface area contributed by atoms with Crippen LogP contribution < -0.4 is 25.8 Å². The molecule has 5 aromatic rings. The van der Waals surface area contributed by atoms with Gasteiger partial charge in [0, 0.05) is 48.4 Å². The van der Waals surface area contributed by atoms with Crippen molar-refractivity contribution in [2.24, 2.45) is 5.92 Å². The number of morpholine rings is 1. The lowest BCUT2D eigenvalue weighted by atomic mass is 9.91. The van der Waals surface area contributed by atoms with Crippen molar-refractivity contribution in [2.75, 3.05) is 83.1 Å². The predicted molar refractivity (Wildman–Crippen MR) is 227 cm³/mol. The minimum Gasteiger partial charge on any atom is -0.490 e. The van der Waals surface area contributed by atoms with Crippen LogP contribution in [0.4, 0.5) is 38.6 Å². The average Bonchev–Trinajstić information content (AvgIpc) is 3.73. The zero-order valence-electron chi connectivity index (χ0n) is 34.8. The van der Waals surface area contributed by atoms with Gasteiger partial charge < -0.3 is 35.5 Å². The summed E-state index contributed by atoms with van der Waals surface area (Å²) in [6.45, 7) is 10.6. The number of nitrogens with two attached hydrogens (primary N) is 2. The number of likely N-dealkylation sites (tertiary alicyclic amines) is 1. The normalized spacial score (nSPS) is 17.9. The van der Waals surface area contributed by atoms with E-state index in [0.717, 1.165) is 29.7 Å². The first-order valence-corrected chi connectivity index (χ1v) is 21.2. The van der Waals surface area contributed by atoms with E-state index < -0.39 is 51.8 Å². The smallest absolute Gasteiger partial charge is 0.420 e. The molecule has 2 fully saturated rings. The van der Waals surface area contributed by atoms with Gasteiger partial charge in [0.15, 0.2) is 5.82 Å². The number of rotatable bonds is 9. The number of hydrogen-bond donors (Lipinski definition) is 2. The number of hydrogen-bond acceptors (Lipinski definition) is 13. The second-order valence-corrected chi connectivity index (χ2v) is 17.1. The number of pyridine rings is 1. The summed E-state index contributed by atoms with van der Waals surface area (Å²) in [5.41, 5.74) is 10.2. The molecule has 6 heterocycles. The monoisotopic (exact) mass is 867 g/mol. The van der Waals surface area contributed by atoms with Crippen molar-refractivity contribution in [1.29, 1.82) is 5.26 Å². The van der Waals surface area contributed by atoms with E-state index in [-0.39, 0.29) is 56.8 Å². The van der Waals surface area contributed by atoms with E-state index in [1.165, 1.54) is 32.9 Å². The number of anilines is 3. The lowest BCUT2D eigenvalue weighted by molar-refractivity contribution is -0.138. The fraction of sp³-hybridized carbons (Fsp3) is 0.488. The first kappa shape index (κ1) is 44.0. The molecule has 3 aliphatic rings. The third-order valence-corrected chi connectivity index (χ3v) is 12.6. The molecule has 2 aromatic carbocycles. The van der Waals surface area contributed by atoms with Gasteiger partial charge in [0.1, 0.15) is 52.0 Å². The van der Waals surface area contributed by atoms with Gasteiger partial charge in [-0.25, -0.2) is 13.8 Å². The Morgan fingerprint density at radius 3 is 2.48 bits per heavy atom. The molecule has 2 saturated heterocycles. The molecule has 18 heteroatoms. The van der Waals surface area contributed by atoms with Crippen LogP contribution in [0, 0.1) is 35.8 Å². The highest BCUT2D eigenvalue weighted by atomic mass is 32.1. The van der Waals surface area contributed by atoms with E-state index in [4.69, 9.17) is 25.7 Å². The standard InChI is InChI=1S/C34H31F5N8O3S.C9H19N/c1-16-13-18(30(41)43-15-16)21(5-6-46-7-10-49-11-8-46)47-9-12-50-28-24-27(44-33(48-2)45-32(24)47)26(36)23(25(28)34(37,38)39)17-3-4-20(35)29-22(17)19(14-40)31(42)51-29;1-8(2)7-9-5-4-6-10(9)3/h3-4,13,15,21H,5-12,42H2,1-2H3,(H2,41,43);8-9H,4-7H2,1-3H3/t21-;/m1./s1. The fourth-order valence-corrected chi connectivity index (χ4v) is 9.64. The summed E-state index contributed by atoms with van der Waals surface area (Å²) in [6, 6.07) is 5.57. The van der Waals surface area contributed by atoms with Crippen molar-refractivity contribution >= 4 is 49.0 Å². The Balaban J connectivity index is 0.000000494. The van der Waals surface area contributed by atoms with Gasteiger partial charge in [0.25, 0.3) is 0 Å². The number of aromatic nitrogens is 3. The van der Waals surface area contributed by atoms with E-state index in [1.54, 1.807) is 11.1 Å². The molecule has 0 saturated carbocycles. The summed E-state index contributed by atoms with van der Waals surface area (Å²) in [4.78, 5) is 19.5. The van der Waals surface area contributed by atoms with Crippen LogP contribution in [0.2, 0.25) is 0 Å². The van der Waals surface area contributed by atoms with Gasteiger partial charge in [-0.15, -0.1) is 11.3 Å². The highest BCUT2D eigenvalue weighted by molar-refractivity contribution is 7.23. The minimum absolute atomic E-state index is 0.0137. The number of methoxy groups -OCH3 is 1. The zero-order chi connectivity index (χ0) is 43.7. The number of alkyl halides is 3. The molecule has 4 N–H and O–H groups in total. The molecule has 1 unspecified atom stereocenters. The second-order valence-electron chi connectivity index (χ2n) is 16.1. The molecule has 0 spiro atoms. The van der Waals surface area contributed by atoms with Crippen LogP contribution in [0.5, 0.6) is 11.8 Å². The molecular weight excluding hydrogens is 818 g/mol. The summed E-state index contributed by atoms with van der Waals surface area (Å²) in [5, 5.41) is 9.17. The number of benzene rings is 2. The molecule has 8 rings (SSSR count). The van der Waals surface area contributed by atoms with Crippen LogP contribution in [0.1, 0.15) is 67.8 Å². The number of aryl methyl sites for hydroxylation is 1. The predicted octanol–water partition coefficient (Wildman–Crippen LogP) is 8.35. The summed E-state index contributed by atoms with van der Waals surface area (Å²) >= 11 is 0.680. The van der Waals surface area contributed by atoms with Crippen LogP contribution in [0.15, 0.2) is 24.4 Å². The maximum Gasteiger partial charge on any atom is 0.420 e. The molecule has 12 nitrogen and oxygen atoms in total. The molecule has 3 aromatic heterocycles. The molecule has 3 aliphatic heterocycles. The lowest BCUT2D eigenvalue weighted by Gasteiger charge is -2.35. The molecule has 0 radical (unpaired) electrons. The number of halogens is 5. The summed E-state index contributed by atoms with van der Waals surface area (Å²) < 4.78 is 95.0. The van der Waals surface area contributed by atoms with Gasteiger partial charge >= 0.3 is 12.2 Å². The van der Waals surface area contributed by atoms with Crippen molar-refractivity contribution in [3.05, 3.63) is 58.3 Å². The summed E-state index contributed by atoms with van der Waals surface area (Å²) in [5.74, 6) is -1.91. The van der Waals surface area contributed by atoms with Gasteiger partial charge in [0.05, 0.1) is 48.6 Å². The van der Waals surface area contributed by atoms with Gasteiger partial charge in [0.2, 0.25) is 0 Å². The van der Waals surface area contributed by atoms with Crippen LogP contribution in [0.3, 0.4) is 0 Å². The van der Waals surface area contributed by atoms with Crippen molar-refractivity contribution in [2.45, 2.75) is 64.7 Å². The van der Waals surface area contributed by atoms with Crippen LogP contribution in [0.25, 0.3) is 32.1 Å². The molecule has 0 bridgehead atoms. The number of thiophene rings is 1. The largest absolute Gasteiger partial charge is 0.490 e. The van der Waals surface area contributed by atoms with Crippen LogP contribution in [-0.2, 0) is 10.9 Å². The Bertz CT molecular complexity index is 2450. The number of fused-ring (bicyclic) bond motifs is 1. The molecule has 326 valence electrons. The third kappa shape index (κ3) is 8.83. The second kappa shape index (κ2) is 18.1. The Morgan fingerprint density at radius 1 is 1.07 bits per heavy atom. The zero-order valence-corrected chi connectivity index (χ0v) is 35.7. The van der Waals surface area contributed by atoms with E-state index in [1.807, 2.05) is 19.1 Å². The van der Waals surface area contributed by atoms with Crippen LogP contribution in [-0.4, -0.2) is 97.5 Å². The van der Waals surface area contributed by atoms with Gasteiger partial charge in [-0.3, -0.25) is 4.90 Å². The van der Waals surface area contributed by atoms with Crippen LogP contribution >= 0.6 is 11.3 Å². The first-order valence-electron chi connectivity index (χ1n) is 20.3. The van der Waals surface area contributed by atoms with Crippen molar-refractivity contribution in [3.8, 4) is 29.0 Å². The molecule has 61 heavy (non-hydrogen) atoms. The van der Waals surface area contributed by atoms with E-state index >= 15 is 17.6 Å². The maximum atomic E-state index is 17.2. The fourth-order valence-electron chi connectivity index (χ4n) is 8.69. The van der Waals surface area contributed by atoms with E-state index in [0.29, 0.717) is 56.2 Å². The van der Waals surface area contributed by atoms with E-state index in [9.17, 15) is 9.65 Å². The highest BCUT2D eigenvalue weighted by Crippen LogP contribution is 2.54.